The predicted molar refractivity (Wildman–Crippen MR) is 96.7 cm³/mol. The zero-order chi connectivity index (χ0) is 19.1. The number of ether oxygens (including phenoxy) is 2. The van der Waals surface area contributed by atoms with Crippen LogP contribution in [0.2, 0.25) is 0 Å². The lowest BCUT2D eigenvalue weighted by Gasteiger charge is -2.08. The summed E-state index contributed by atoms with van der Waals surface area (Å²) in [6.07, 6.45) is 2.62. The van der Waals surface area contributed by atoms with Gasteiger partial charge >= 0.3 is 5.97 Å². The molecule has 0 unspecified atom stereocenters. The summed E-state index contributed by atoms with van der Waals surface area (Å²) in [6.45, 7) is 0. The van der Waals surface area contributed by atoms with Crippen molar-refractivity contribution in [1.82, 2.24) is 0 Å². The van der Waals surface area contributed by atoms with E-state index < -0.39 is 11.9 Å². The lowest BCUT2D eigenvalue weighted by Crippen LogP contribution is -2.09. The van der Waals surface area contributed by atoms with Gasteiger partial charge in [0.05, 0.1) is 26.3 Å². The Labute approximate surface area is 150 Å². The van der Waals surface area contributed by atoms with Crippen LogP contribution in [-0.2, 0) is 16.0 Å². The maximum absolute atomic E-state index is 12.1. The van der Waals surface area contributed by atoms with Gasteiger partial charge in [-0.1, -0.05) is 6.07 Å². The molecule has 0 bridgehead atoms. The molecule has 3 N–H and O–H groups in total. The van der Waals surface area contributed by atoms with Crippen LogP contribution in [0, 0.1) is 0 Å². The van der Waals surface area contributed by atoms with Crippen molar-refractivity contribution < 1.29 is 29.3 Å². The van der Waals surface area contributed by atoms with E-state index >= 15 is 0 Å². The highest BCUT2D eigenvalue weighted by Crippen LogP contribution is 2.26. The molecule has 0 saturated carbocycles. The molecule has 136 valence electrons. The Hall–Kier alpha value is -3.48. The fourth-order valence-corrected chi connectivity index (χ4v) is 2.28. The second-order valence-corrected chi connectivity index (χ2v) is 5.35. The van der Waals surface area contributed by atoms with Gasteiger partial charge in [-0.05, 0) is 42.0 Å². The number of carbonyl (C=O) groups is 2. The van der Waals surface area contributed by atoms with E-state index in [4.69, 9.17) is 14.6 Å². The predicted octanol–water partition coefficient (Wildman–Crippen LogP) is 2.69. The molecule has 2 aromatic rings. The van der Waals surface area contributed by atoms with E-state index in [2.05, 4.69) is 5.32 Å². The molecule has 0 heterocycles. The van der Waals surface area contributed by atoms with Crippen molar-refractivity contribution >= 4 is 23.6 Å². The lowest BCUT2D eigenvalue weighted by atomic mass is 10.1. The van der Waals surface area contributed by atoms with Crippen molar-refractivity contribution in [3.05, 3.63) is 53.6 Å². The fourth-order valence-electron chi connectivity index (χ4n) is 2.28. The summed E-state index contributed by atoms with van der Waals surface area (Å²) in [5.74, 6) is -0.457. The molecule has 0 atom stereocenters. The smallest absolute Gasteiger partial charge is 0.307 e. The van der Waals surface area contributed by atoms with Gasteiger partial charge in [-0.2, -0.15) is 0 Å². The van der Waals surface area contributed by atoms with Crippen LogP contribution in [0.5, 0.6) is 17.2 Å². The monoisotopic (exact) mass is 357 g/mol. The number of carbonyl (C=O) groups excluding carboxylic acids is 1. The standard InChI is InChI=1S/C19H19NO6/c1-25-14-5-7-17(26-2)13(11-14)4-8-18(22)20-15-9-12(10-19(23)24)3-6-16(15)21/h3-9,11,21H,10H2,1-2H3,(H,20,22)(H,23,24)/b8-4+. The quantitative estimate of drug-likeness (QED) is 0.520. The number of hydrogen-bond donors (Lipinski definition) is 3. The molecule has 0 aliphatic carbocycles. The molecule has 7 heteroatoms. The van der Waals surface area contributed by atoms with Gasteiger partial charge in [0, 0.05) is 11.6 Å². The molecule has 0 fully saturated rings. The second-order valence-electron chi connectivity index (χ2n) is 5.35. The molecule has 0 saturated heterocycles. The minimum absolute atomic E-state index is 0.135. The molecule has 0 aromatic heterocycles. The Morgan fingerprint density at radius 3 is 2.54 bits per heavy atom. The van der Waals surface area contributed by atoms with Crippen molar-refractivity contribution in [2.24, 2.45) is 0 Å². The highest BCUT2D eigenvalue weighted by atomic mass is 16.5. The average Bonchev–Trinajstić information content (AvgIpc) is 2.62. The number of amides is 1. The minimum atomic E-state index is -1.00. The molecular weight excluding hydrogens is 338 g/mol. The number of carboxylic acids is 1. The van der Waals surface area contributed by atoms with E-state index in [1.807, 2.05) is 0 Å². The Morgan fingerprint density at radius 1 is 1.12 bits per heavy atom. The summed E-state index contributed by atoms with van der Waals surface area (Å²) in [5.41, 5.74) is 1.24. The average molecular weight is 357 g/mol. The van der Waals surface area contributed by atoms with Crippen LogP contribution in [0.15, 0.2) is 42.5 Å². The molecule has 2 rings (SSSR count). The van der Waals surface area contributed by atoms with Crippen molar-refractivity contribution in [3.63, 3.8) is 0 Å². The van der Waals surface area contributed by atoms with E-state index in [9.17, 15) is 14.7 Å². The molecule has 0 radical (unpaired) electrons. The Bertz CT molecular complexity index is 844. The number of phenols is 1. The van der Waals surface area contributed by atoms with E-state index in [0.29, 0.717) is 22.6 Å². The van der Waals surface area contributed by atoms with Gasteiger partial charge in [-0.15, -0.1) is 0 Å². The third-order valence-corrected chi connectivity index (χ3v) is 3.53. The highest BCUT2D eigenvalue weighted by molar-refractivity contribution is 6.03. The maximum Gasteiger partial charge on any atom is 0.307 e. The third-order valence-electron chi connectivity index (χ3n) is 3.53. The van der Waals surface area contributed by atoms with Crippen LogP contribution in [0.4, 0.5) is 5.69 Å². The zero-order valence-corrected chi connectivity index (χ0v) is 14.4. The van der Waals surface area contributed by atoms with Gasteiger partial charge in [-0.25, -0.2) is 0 Å². The fraction of sp³-hybridized carbons (Fsp3) is 0.158. The highest BCUT2D eigenvalue weighted by Gasteiger charge is 2.08. The molecule has 7 nitrogen and oxygen atoms in total. The molecule has 26 heavy (non-hydrogen) atoms. The van der Waals surface area contributed by atoms with Crippen molar-refractivity contribution in [2.75, 3.05) is 19.5 Å². The normalized spacial score (nSPS) is 10.5. The second kappa shape index (κ2) is 8.57. The number of nitrogens with one attached hydrogen (secondary N) is 1. The number of methoxy groups -OCH3 is 2. The van der Waals surface area contributed by atoms with E-state index in [1.54, 1.807) is 24.3 Å². The SMILES string of the molecule is COc1ccc(OC)c(/C=C/C(=O)Nc2cc(CC(=O)O)ccc2O)c1. The first-order valence-electron chi connectivity index (χ1n) is 7.67. The molecular formula is C19H19NO6. The van der Waals surface area contributed by atoms with Crippen molar-refractivity contribution in [3.8, 4) is 17.2 Å². The number of aliphatic carboxylic acids is 1. The summed E-state index contributed by atoms with van der Waals surface area (Å²) >= 11 is 0. The molecule has 0 aliphatic heterocycles. The van der Waals surface area contributed by atoms with Crippen LogP contribution in [0.1, 0.15) is 11.1 Å². The molecule has 2 aromatic carbocycles. The van der Waals surface area contributed by atoms with Gasteiger partial charge in [0.2, 0.25) is 5.91 Å². The number of carboxylic acid groups (broad SMARTS) is 1. The van der Waals surface area contributed by atoms with E-state index in [1.165, 1.54) is 38.5 Å². The molecule has 1 amide bonds. The topological polar surface area (TPSA) is 105 Å². The Kier molecular flexibility index (Phi) is 6.21. The summed E-state index contributed by atoms with van der Waals surface area (Å²) in [4.78, 5) is 22.9. The number of benzene rings is 2. The van der Waals surface area contributed by atoms with Gasteiger partial charge in [0.1, 0.15) is 17.2 Å². The maximum atomic E-state index is 12.1. The number of aromatic hydroxyl groups is 1. The van der Waals surface area contributed by atoms with Crippen LogP contribution in [0.25, 0.3) is 6.08 Å². The third kappa shape index (κ3) is 5.01. The lowest BCUT2D eigenvalue weighted by molar-refractivity contribution is -0.136. The van der Waals surface area contributed by atoms with Gasteiger partial charge in [-0.3, -0.25) is 9.59 Å². The van der Waals surface area contributed by atoms with E-state index in [0.717, 1.165) is 0 Å². The van der Waals surface area contributed by atoms with Crippen molar-refractivity contribution in [1.29, 1.82) is 0 Å². The number of rotatable bonds is 7. The molecule has 0 aliphatic rings. The number of anilines is 1. The summed E-state index contributed by atoms with van der Waals surface area (Å²) in [7, 11) is 3.06. The Morgan fingerprint density at radius 2 is 1.88 bits per heavy atom. The number of phenolic OH excluding ortho intramolecular Hbond substituents is 1. The van der Waals surface area contributed by atoms with Gasteiger partial charge in [0.15, 0.2) is 0 Å². The summed E-state index contributed by atoms with van der Waals surface area (Å²) < 4.78 is 10.4. The van der Waals surface area contributed by atoms with Crippen LogP contribution in [0.3, 0.4) is 0 Å². The van der Waals surface area contributed by atoms with Crippen molar-refractivity contribution in [2.45, 2.75) is 6.42 Å². The first-order chi connectivity index (χ1) is 12.4. The van der Waals surface area contributed by atoms with E-state index in [-0.39, 0.29) is 17.9 Å². The first-order valence-corrected chi connectivity index (χ1v) is 7.67. The largest absolute Gasteiger partial charge is 0.506 e. The minimum Gasteiger partial charge on any atom is -0.506 e. The summed E-state index contributed by atoms with van der Waals surface area (Å²) in [6, 6.07) is 9.41. The summed E-state index contributed by atoms with van der Waals surface area (Å²) in [5, 5.41) is 21.2. The number of hydrogen-bond acceptors (Lipinski definition) is 5. The first kappa shape index (κ1) is 18.9. The van der Waals surface area contributed by atoms with Crippen LogP contribution in [-0.4, -0.2) is 36.3 Å². The Balaban J connectivity index is 2.16. The zero-order valence-electron chi connectivity index (χ0n) is 14.4. The van der Waals surface area contributed by atoms with Crippen LogP contribution >= 0.6 is 0 Å². The van der Waals surface area contributed by atoms with Crippen LogP contribution < -0.4 is 14.8 Å². The van der Waals surface area contributed by atoms with Gasteiger partial charge < -0.3 is 25.0 Å². The van der Waals surface area contributed by atoms with Gasteiger partial charge in [0.25, 0.3) is 0 Å². The molecule has 0 spiro atoms.